The molecule has 2 heterocycles. The van der Waals surface area contributed by atoms with Crippen LogP contribution in [0.25, 0.3) is 0 Å². The molecule has 0 aliphatic carbocycles. The second-order valence-electron chi connectivity index (χ2n) is 17.3. The maximum Gasteiger partial charge on any atom is 0.281 e. The predicted molar refractivity (Wildman–Crippen MR) is 279 cm³/mol. The third-order valence-corrected chi connectivity index (χ3v) is 14.0. The van der Waals surface area contributed by atoms with Gasteiger partial charge in [0, 0.05) is 41.3 Å². The Morgan fingerprint density at radius 2 is 0.827 bits per heavy atom. The maximum atomic E-state index is 13.8. The minimum absolute atomic E-state index is 0.0318. The number of benzene rings is 5. The highest BCUT2D eigenvalue weighted by Gasteiger charge is 2.30. The van der Waals surface area contributed by atoms with Crippen LogP contribution < -0.4 is 20.6 Å². The Balaban J connectivity index is 1.51. The first-order valence-corrected chi connectivity index (χ1v) is 26.4. The van der Waals surface area contributed by atoms with Crippen LogP contribution in [0.15, 0.2) is 145 Å². The Morgan fingerprint density at radius 1 is 0.507 bits per heavy atom. The second kappa shape index (κ2) is 22.7. The number of azo groups is 2. The first-order chi connectivity index (χ1) is 35.6. The van der Waals surface area contributed by atoms with Crippen molar-refractivity contribution in [2.75, 3.05) is 14.2 Å². The predicted octanol–water partition coefficient (Wildman–Crippen LogP) is 9.05. The van der Waals surface area contributed by atoms with Crippen LogP contribution in [0.3, 0.4) is 0 Å². The summed E-state index contributed by atoms with van der Waals surface area (Å²) in [6.45, 7) is 5.60. The number of aromatic hydroxyl groups is 2. The number of aromatic nitrogens is 2. The van der Waals surface area contributed by atoms with E-state index in [0.29, 0.717) is 27.8 Å². The lowest BCUT2D eigenvalue weighted by Crippen LogP contribution is -2.22. The largest absolute Gasteiger partial charge is 0.494 e. The van der Waals surface area contributed by atoms with Crippen molar-refractivity contribution in [1.29, 1.82) is 0 Å². The summed E-state index contributed by atoms with van der Waals surface area (Å²) >= 11 is 0. The summed E-state index contributed by atoms with van der Waals surface area (Å²) in [6, 6.07) is 33.0. The van der Waals surface area contributed by atoms with Gasteiger partial charge in [0.2, 0.25) is 0 Å². The molecule has 0 spiro atoms. The molecule has 0 aliphatic heterocycles. The molecule has 2 aromatic heterocycles. The number of nitrogens with zero attached hydrogens (tertiary/aromatic N) is 6. The van der Waals surface area contributed by atoms with Crippen molar-refractivity contribution in [1.82, 2.24) is 9.13 Å². The first kappa shape index (κ1) is 54.9. The molecule has 0 amide bonds. The summed E-state index contributed by atoms with van der Waals surface area (Å²) in [4.78, 5) is 27.6. The van der Waals surface area contributed by atoms with E-state index in [-0.39, 0.29) is 80.7 Å². The molecular weight excluding hydrogens is 1010 g/mol. The second-order valence-corrected chi connectivity index (χ2v) is 20.2. The van der Waals surface area contributed by atoms with Crippen LogP contribution >= 0.6 is 0 Å². The minimum atomic E-state index is -4.69. The molecule has 0 saturated heterocycles. The molecule has 22 heteroatoms. The van der Waals surface area contributed by atoms with E-state index >= 15 is 0 Å². The van der Waals surface area contributed by atoms with E-state index in [0.717, 1.165) is 9.13 Å². The van der Waals surface area contributed by atoms with Gasteiger partial charge in [-0.25, -0.2) is 0 Å². The molecular formula is C53H54N6O14S2. The van der Waals surface area contributed by atoms with Gasteiger partial charge < -0.3 is 29.9 Å². The van der Waals surface area contributed by atoms with Crippen molar-refractivity contribution in [2.45, 2.75) is 70.4 Å². The number of ether oxygens (including phenoxy) is 2. The zero-order chi connectivity index (χ0) is 54.5. The molecule has 0 saturated carbocycles. The first-order valence-electron chi connectivity index (χ1n) is 23.2. The van der Waals surface area contributed by atoms with Crippen molar-refractivity contribution in [3.63, 3.8) is 0 Å². The molecule has 0 fully saturated rings. The molecule has 7 rings (SSSR count). The fourth-order valence-corrected chi connectivity index (χ4v) is 10.3. The van der Waals surface area contributed by atoms with Gasteiger partial charge in [-0.2, -0.15) is 16.8 Å². The van der Waals surface area contributed by atoms with E-state index < -0.39 is 72.7 Å². The lowest BCUT2D eigenvalue weighted by Gasteiger charge is -2.25. The highest BCUT2D eigenvalue weighted by molar-refractivity contribution is 7.85. The Kier molecular flexibility index (Phi) is 16.6. The Labute approximate surface area is 431 Å². The number of hydrogen-bond donors (Lipinski definition) is 6. The molecule has 2 atom stereocenters. The SMILES string of the molecule is CCn1c(O)c(CS(=O)(=O)O)c(C)c(/N=N/c2c(OC)cc(C(c3ccccc3)c3cc(OC)c(/N=N/c4c(C)c(CS(=O)(=O)O)c(O)n(CC)c4=O)c(C(O)c4ccccc4)c3)cc2C(O)c2ccccc2)c1=O. The van der Waals surface area contributed by atoms with Crippen LogP contribution in [-0.2, 0) is 44.8 Å². The van der Waals surface area contributed by atoms with Crippen molar-refractivity contribution < 1.29 is 55.8 Å². The minimum Gasteiger partial charge on any atom is -0.494 e. The number of aliphatic hydroxyl groups is 2. The van der Waals surface area contributed by atoms with Crippen molar-refractivity contribution in [2.24, 2.45) is 20.5 Å². The lowest BCUT2D eigenvalue weighted by atomic mass is 9.81. The van der Waals surface area contributed by atoms with Gasteiger partial charge in [0.15, 0.2) is 23.1 Å². The molecule has 392 valence electrons. The molecule has 6 N–H and O–H groups in total. The maximum absolute atomic E-state index is 13.8. The van der Waals surface area contributed by atoms with Crippen LogP contribution in [0.4, 0.5) is 22.7 Å². The summed E-state index contributed by atoms with van der Waals surface area (Å²) in [7, 11) is -6.66. The van der Waals surface area contributed by atoms with Gasteiger partial charge in [-0.05, 0) is 90.9 Å². The summed E-state index contributed by atoms with van der Waals surface area (Å²) in [5, 5.41) is 64.0. The summed E-state index contributed by atoms with van der Waals surface area (Å²) in [5.41, 5.74) is -0.269. The third-order valence-electron chi connectivity index (χ3n) is 12.7. The topological polar surface area (TPSA) is 302 Å². The molecule has 0 aliphatic rings. The molecule has 5 aromatic carbocycles. The van der Waals surface area contributed by atoms with Gasteiger partial charge in [-0.15, -0.1) is 20.5 Å². The summed E-state index contributed by atoms with van der Waals surface area (Å²) < 4.78 is 81.5. The Morgan fingerprint density at radius 3 is 1.13 bits per heavy atom. The monoisotopic (exact) mass is 1060 g/mol. The van der Waals surface area contributed by atoms with E-state index in [1.54, 1.807) is 98.8 Å². The number of rotatable bonds is 19. The van der Waals surface area contributed by atoms with Gasteiger partial charge in [0.25, 0.3) is 31.4 Å². The quantitative estimate of drug-likeness (QED) is 0.0250. The highest BCUT2D eigenvalue weighted by Crippen LogP contribution is 2.48. The molecule has 0 radical (unpaired) electrons. The fourth-order valence-electron chi connectivity index (χ4n) is 8.88. The van der Waals surface area contributed by atoms with Crippen LogP contribution in [0.5, 0.6) is 23.3 Å². The molecule has 20 nitrogen and oxygen atoms in total. The standard InChI is InChI=1S/C53H54N6O14S2/c1-7-58-50(62)39(28-74(66,67)68)30(3)44(52(58)64)54-56-46-37(48(60)33-20-14-10-15-21-33)24-35(26-41(46)72-5)43(32-18-12-9-13-19-32)36-25-38(49(61)34-22-16-11-17-23-34)47(42(27-36)73-6)57-55-45-31(4)40(29-75(69,70)71)51(63)59(8-2)53(45)65/h9-27,43,48-49,60-63H,7-8,28-29H2,1-6H3,(H,66,67,68)(H,69,70,71)/b56-54+,57-55+. The van der Waals surface area contributed by atoms with Gasteiger partial charge in [-0.3, -0.25) is 27.8 Å². The molecule has 2 unspecified atom stereocenters. The molecule has 0 bridgehead atoms. The lowest BCUT2D eigenvalue weighted by molar-refractivity contribution is 0.220. The fraction of sp³-hybridized carbons (Fsp3) is 0.245. The van der Waals surface area contributed by atoms with Crippen LogP contribution in [0.1, 0.15) is 93.2 Å². The third kappa shape index (κ3) is 11.8. The Bertz CT molecular complexity index is 3460. The smallest absolute Gasteiger partial charge is 0.281 e. The normalized spacial score (nSPS) is 13.3. The van der Waals surface area contributed by atoms with Crippen molar-refractivity contribution >= 4 is 43.0 Å². The number of pyridine rings is 2. The zero-order valence-electron chi connectivity index (χ0n) is 41.5. The van der Waals surface area contributed by atoms with E-state index in [2.05, 4.69) is 20.5 Å². The summed E-state index contributed by atoms with van der Waals surface area (Å²) in [5.74, 6) is -4.05. The van der Waals surface area contributed by atoms with Crippen molar-refractivity contribution in [3.8, 4) is 23.3 Å². The van der Waals surface area contributed by atoms with E-state index in [1.807, 2.05) is 30.3 Å². The van der Waals surface area contributed by atoms with E-state index in [1.165, 1.54) is 28.1 Å². The average Bonchev–Trinajstić information content (AvgIpc) is 3.39. The highest BCUT2D eigenvalue weighted by atomic mass is 32.2. The zero-order valence-corrected chi connectivity index (χ0v) is 43.1. The van der Waals surface area contributed by atoms with Crippen LogP contribution in [-0.4, -0.2) is 69.7 Å². The number of aliphatic hydroxyl groups excluding tert-OH is 2. The Hall–Kier alpha value is -7.86. The number of hydrogen-bond acceptors (Lipinski definition) is 16. The van der Waals surface area contributed by atoms with E-state index in [9.17, 15) is 56.0 Å². The van der Waals surface area contributed by atoms with Gasteiger partial charge in [0.05, 0.1) is 14.2 Å². The summed E-state index contributed by atoms with van der Waals surface area (Å²) in [6.07, 6.45) is -2.83. The molecule has 75 heavy (non-hydrogen) atoms. The number of methoxy groups -OCH3 is 2. The van der Waals surface area contributed by atoms with Crippen LogP contribution in [0.2, 0.25) is 0 Å². The van der Waals surface area contributed by atoms with E-state index in [4.69, 9.17) is 9.47 Å². The van der Waals surface area contributed by atoms with Gasteiger partial charge >= 0.3 is 0 Å². The van der Waals surface area contributed by atoms with Crippen molar-refractivity contribution in [3.05, 3.63) is 197 Å². The molecule has 7 aromatic rings. The van der Waals surface area contributed by atoms with Gasteiger partial charge in [0.1, 0.15) is 46.6 Å². The van der Waals surface area contributed by atoms with Gasteiger partial charge in [-0.1, -0.05) is 91.0 Å². The van der Waals surface area contributed by atoms with Crippen LogP contribution in [0, 0.1) is 13.8 Å². The average molecular weight is 1060 g/mol.